The van der Waals surface area contributed by atoms with Crippen LogP contribution < -0.4 is 0 Å². The molecule has 4 heteroatoms. The number of cyclic esters (lactones) is 2. The van der Waals surface area contributed by atoms with Crippen LogP contribution in [-0.4, -0.2) is 25.2 Å². The van der Waals surface area contributed by atoms with Crippen LogP contribution in [0.1, 0.15) is 27.7 Å². The highest BCUT2D eigenvalue weighted by atomic mass is 16.6. The number of rotatable bonds is 4. The molecule has 0 N–H and O–H groups in total. The molecule has 0 saturated carbocycles. The van der Waals surface area contributed by atoms with Gasteiger partial charge in [0, 0.05) is 25.4 Å². The average molecular weight is 228 g/mol. The second kappa shape index (κ2) is 8.05. The molecule has 0 bridgehead atoms. The van der Waals surface area contributed by atoms with Crippen LogP contribution in [0.15, 0.2) is 12.2 Å². The maximum absolute atomic E-state index is 9.92. The Morgan fingerprint density at radius 3 is 1.56 bits per heavy atom. The second-order valence-corrected chi connectivity index (χ2v) is 4.40. The van der Waals surface area contributed by atoms with Crippen LogP contribution in [-0.2, 0) is 19.1 Å². The zero-order valence-electron chi connectivity index (χ0n) is 10.4. The van der Waals surface area contributed by atoms with Gasteiger partial charge in [-0.1, -0.05) is 27.7 Å². The van der Waals surface area contributed by atoms with Crippen molar-refractivity contribution >= 4 is 11.9 Å². The Morgan fingerprint density at radius 1 is 1.00 bits per heavy atom. The quantitative estimate of drug-likeness (QED) is 0.545. The maximum atomic E-state index is 9.92. The number of ether oxygens (including phenoxy) is 2. The standard InChI is InChI=1S/C8H18O.C4H2O3/c1-7(2)5-9-6-8(3)4;5-3-1-2-4(6)7-3/h7-8H,5-6H2,1-4H3;1-2H. The summed E-state index contributed by atoms with van der Waals surface area (Å²) < 4.78 is 9.33. The van der Waals surface area contributed by atoms with E-state index in [9.17, 15) is 9.59 Å². The number of hydrogen-bond acceptors (Lipinski definition) is 4. The Morgan fingerprint density at radius 2 is 1.38 bits per heavy atom. The monoisotopic (exact) mass is 228 g/mol. The fourth-order valence-corrected chi connectivity index (χ4v) is 0.843. The van der Waals surface area contributed by atoms with Crippen LogP contribution in [0.3, 0.4) is 0 Å². The molecule has 0 spiro atoms. The summed E-state index contributed by atoms with van der Waals surface area (Å²) in [7, 11) is 0. The number of hydrogen-bond donors (Lipinski definition) is 0. The molecule has 0 aromatic rings. The van der Waals surface area contributed by atoms with Crippen molar-refractivity contribution < 1.29 is 19.1 Å². The molecule has 0 aromatic carbocycles. The third-order valence-electron chi connectivity index (χ3n) is 1.46. The van der Waals surface area contributed by atoms with E-state index in [0.29, 0.717) is 11.8 Å². The van der Waals surface area contributed by atoms with Gasteiger partial charge in [-0.15, -0.1) is 0 Å². The van der Waals surface area contributed by atoms with Gasteiger partial charge in [0.25, 0.3) is 0 Å². The lowest BCUT2D eigenvalue weighted by atomic mass is 10.2. The lowest BCUT2D eigenvalue weighted by molar-refractivity contribution is -0.150. The summed E-state index contributed by atoms with van der Waals surface area (Å²) in [5.74, 6) is 0.183. The van der Waals surface area contributed by atoms with Crippen molar-refractivity contribution in [2.24, 2.45) is 11.8 Å². The number of carbonyl (C=O) groups excluding carboxylic acids is 2. The molecule has 1 aliphatic heterocycles. The largest absolute Gasteiger partial charge is 0.387 e. The second-order valence-electron chi connectivity index (χ2n) is 4.40. The van der Waals surface area contributed by atoms with Crippen molar-refractivity contribution in [3.05, 3.63) is 12.2 Å². The van der Waals surface area contributed by atoms with Crippen LogP contribution >= 0.6 is 0 Å². The molecular formula is C12H20O4. The van der Waals surface area contributed by atoms with Gasteiger partial charge in [-0.2, -0.15) is 0 Å². The summed E-state index contributed by atoms with van der Waals surface area (Å²) in [6, 6.07) is 0. The molecule has 0 radical (unpaired) electrons. The highest BCUT2D eigenvalue weighted by Gasteiger charge is 2.10. The van der Waals surface area contributed by atoms with Crippen molar-refractivity contribution in [3.8, 4) is 0 Å². The highest BCUT2D eigenvalue weighted by molar-refractivity contribution is 6.04. The Bertz CT molecular complexity index is 230. The molecular weight excluding hydrogens is 208 g/mol. The zero-order chi connectivity index (χ0) is 12.6. The van der Waals surface area contributed by atoms with Crippen molar-refractivity contribution in [1.29, 1.82) is 0 Å². The van der Waals surface area contributed by atoms with Crippen molar-refractivity contribution in [1.82, 2.24) is 0 Å². The van der Waals surface area contributed by atoms with Crippen molar-refractivity contribution in [2.75, 3.05) is 13.2 Å². The molecule has 1 heterocycles. The molecule has 0 atom stereocenters. The molecule has 1 rings (SSSR count). The molecule has 0 saturated heterocycles. The summed E-state index contributed by atoms with van der Waals surface area (Å²) >= 11 is 0. The van der Waals surface area contributed by atoms with Gasteiger partial charge in [0.15, 0.2) is 0 Å². The first-order valence-corrected chi connectivity index (χ1v) is 5.43. The van der Waals surface area contributed by atoms with Crippen LogP contribution in [0.25, 0.3) is 0 Å². The number of carbonyl (C=O) groups is 2. The van der Waals surface area contributed by atoms with E-state index < -0.39 is 11.9 Å². The first kappa shape index (κ1) is 14.8. The molecule has 0 fully saturated rings. The molecule has 16 heavy (non-hydrogen) atoms. The van der Waals surface area contributed by atoms with Gasteiger partial charge in [0.05, 0.1) is 0 Å². The normalized spacial score (nSPS) is 14.1. The van der Waals surface area contributed by atoms with Gasteiger partial charge in [0.1, 0.15) is 0 Å². The average Bonchev–Trinajstić information content (AvgIpc) is 2.49. The third kappa shape index (κ3) is 9.40. The van der Waals surface area contributed by atoms with Gasteiger partial charge in [-0.3, -0.25) is 0 Å². The Balaban J connectivity index is 0.000000288. The molecule has 0 aliphatic carbocycles. The van der Waals surface area contributed by atoms with E-state index in [1.807, 2.05) is 0 Å². The van der Waals surface area contributed by atoms with E-state index in [1.165, 1.54) is 0 Å². The Hall–Kier alpha value is -1.16. The smallest absolute Gasteiger partial charge is 0.338 e. The summed E-state index contributed by atoms with van der Waals surface area (Å²) in [5.41, 5.74) is 0. The Labute approximate surface area is 96.6 Å². The lowest BCUT2D eigenvalue weighted by Crippen LogP contribution is -2.06. The van der Waals surface area contributed by atoms with E-state index in [-0.39, 0.29) is 0 Å². The van der Waals surface area contributed by atoms with Crippen LogP contribution in [0.2, 0.25) is 0 Å². The first-order valence-electron chi connectivity index (χ1n) is 5.43. The minimum atomic E-state index is -0.579. The van der Waals surface area contributed by atoms with Crippen LogP contribution in [0, 0.1) is 11.8 Å². The Kier molecular flexibility index (Phi) is 7.46. The van der Waals surface area contributed by atoms with Gasteiger partial charge in [-0.05, 0) is 11.8 Å². The van der Waals surface area contributed by atoms with E-state index in [4.69, 9.17) is 4.74 Å². The summed E-state index contributed by atoms with van der Waals surface area (Å²) in [5, 5.41) is 0. The summed E-state index contributed by atoms with van der Waals surface area (Å²) in [6.45, 7) is 10.5. The lowest BCUT2D eigenvalue weighted by Gasteiger charge is -2.07. The van der Waals surface area contributed by atoms with E-state index in [0.717, 1.165) is 25.4 Å². The molecule has 4 nitrogen and oxygen atoms in total. The van der Waals surface area contributed by atoms with Crippen molar-refractivity contribution in [2.45, 2.75) is 27.7 Å². The van der Waals surface area contributed by atoms with Gasteiger partial charge in [0.2, 0.25) is 0 Å². The zero-order valence-corrected chi connectivity index (χ0v) is 10.4. The van der Waals surface area contributed by atoms with Gasteiger partial charge in [-0.25, -0.2) is 9.59 Å². The van der Waals surface area contributed by atoms with Crippen molar-refractivity contribution in [3.63, 3.8) is 0 Å². The molecule has 0 unspecified atom stereocenters. The third-order valence-corrected chi connectivity index (χ3v) is 1.46. The topological polar surface area (TPSA) is 52.6 Å². The van der Waals surface area contributed by atoms with E-state index in [2.05, 4.69) is 32.4 Å². The molecule has 0 aromatic heterocycles. The number of esters is 2. The summed E-state index contributed by atoms with van der Waals surface area (Å²) in [6.07, 6.45) is 2.17. The minimum Gasteiger partial charge on any atom is -0.387 e. The summed E-state index contributed by atoms with van der Waals surface area (Å²) in [4.78, 5) is 19.8. The minimum absolute atomic E-state index is 0.579. The van der Waals surface area contributed by atoms with Crippen LogP contribution in [0.4, 0.5) is 0 Å². The SMILES string of the molecule is CC(C)COCC(C)C.O=C1C=CC(=O)O1. The predicted octanol–water partition coefficient (Wildman–Crippen LogP) is 1.94. The van der Waals surface area contributed by atoms with Gasteiger partial charge >= 0.3 is 11.9 Å². The highest BCUT2D eigenvalue weighted by Crippen LogP contribution is 1.96. The molecule has 92 valence electrons. The molecule has 1 aliphatic rings. The van der Waals surface area contributed by atoms with Gasteiger partial charge < -0.3 is 9.47 Å². The fourth-order valence-electron chi connectivity index (χ4n) is 0.843. The molecule has 0 amide bonds. The fraction of sp³-hybridized carbons (Fsp3) is 0.667. The first-order chi connectivity index (χ1) is 7.41. The van der Waals surface area contributed by atoms with E-state index in [1.54, 1.807) is 0 Å². The predicted molar refractivity (Wildman–Crippen MR) is 60.7 cm³/mol. The van der Waals surface area contributed by atoms with E-state index >= 15 is 0 Å². The maximum Gasteiger partial charge on any atom is 0.338 e. The van der Waals surface area contributed by atoms with Crippen LogP contribution in [0.5, 0.6) is 0 Å².